The lowest BCUT2D eigenvalue weighted by Gasteiger charge is -2.24. The Kier molecular flexibility index (Phi) is 3.02. The standard InChI is InChI=1S/C11H18N2/c1-5-9-7-12-13-8-10(9)11(3,4)6-2/h7-8H,5-6H2,1-4H3. The quantitative estimate of drug-likeness (QED) is 0.711. The van der Waals surface area contributed by atoms with Gasteiger partial charge in [0.15, 0.2) is 0 Å². The molecule has 0 atom stereocenters. The Hall–Kier alpha value is -0.920. The van der Waals surface area contributed by atoms with Gasteiger partial charge in [-0.3, -0.25) is 0 Å². The molecule has 0 bridgehead atoms. The Morgan fingerprint density at radius 3 is 2.31 bits per heavy atom. The number of nitrogens with zero attached hydrogens (tertiary/aromatic N) is 2. The lowest BCUT2D eigenvalue weighted by molar-refractivity contribution is 0.497. The van der Waals surface area contributed by atoms with Crippen LogP contribution in [0.4, 0.5) is 0 Å². The predicted octanol–water partition coefficient (Wildman–Crippen LogP) is 2.73. The number of hydrogen-bond donors (Lipinski definition) is 0. The van der Waals surface area contributed by atoms with E-state index in [-0.39, 0.29) is 5.41 Å². The second-order valence-electron chi connectivity index (χ2n) is 4.02. The highest BCUT2D eigenvalue weighted by molar-refractivity contribution is 5.28. The van der Waals surface area contributed by atoms with Crippen LogP contribution in [-0.4, -0.2) is 10.2 Å². The zero-order valence-corrected chi connectivity index (χ0v) is 8.96. The Balaban J connectivity index is 3.12. The van der Waals surface area contributed by atoms with Crippen LogP contribution in [0, 0.1) is 0 Å². The van der Waals surface area contributed by atoms with Gasteiger partial charge in [0.05, 0.1) is 12.4 Å². The molecule has 0 aliphatic heterocycles. The van der Waals surface area contributed by atoms with Crippen molar-refractivity contribution in [2.45, 2.75) is 46.0 Å². The summed E-state index contributed by atoms with van der Waals surface area (Å²) in [5.41, 5.74) is 2.88. The van der Waals surface area contributed by atoms with E-state index in [1.807, 2.05) is 12.4 Å². The van der Waals surface area contributed by atoms with Crippen LogP contribution in [0.15, 0.2) is 12.4 Å². The summed E-state index contributed by atoms with van der Waals surface area (Å²) in [6.07, 6.45) is 5.95. The van der Waals surface area contributed by atoms with Crippen LogP contribution in [0.25, 0.3) is 0 Å². The maximum absolute atomic E-state index is 3.96. The van der Waals surface area contributed by atoms with Crippen molar-refractivity contribution in [2.24, 2.45) is 0 Å². The molecule has 13 heavy (non-hydrogen) atoms. The SMILES string of the molecule is CCc1cnncc1C(C)(C)CC. The normalized spacial score (nSPS) is 11.7. The number of rotatable bonds is 3. The summed E-state index contributed by atoms with van der Waals surface area (Å²) in [5.74, 6) is 0. The topological polar surface area (TPSA) is 25.8 Å². The van der Waals surface area contributed by atoms with Crippen molar-refractivity contribution in [2.75, 3.05) is 0 Å². The Labute approximate surface area is 80.4 Å². The van der Waals surface area contributed by atoms with Crippen molar-refractivity contribution in [1.29, 1.82) is 0 Å². The van der Waals surface area contributed by atoms with Crippen LogP contribution in [0.2, 0.25) is 0 Å². The fraction of sp³-hybridized carbons (Fsp3) is 0.636. The van der Waals surface area contributed by atoms with Gasteiger partial charge >= 0.3 is 0 Å². The van der Waals surface area contributed by atoms with Crippen molar-refractivity contribution in [3.05, 3.63) is 23.5 Å². The molecule has 0 aliphatic rings. The summed E-state index contributed by atoms with van der Waals surface area (Å²) in [6.45, 7) is 8.87. The third-order valence-electron chi connectivity index (χ3n) is 2.81. The predicted molar refractivity (Wildman–Crippen MR) is 54.7 cm³/mol. The molecule has 2 heteroatoms. The Bertz CT molecular complexity index is 279. The van der Waals surface area contributed by atoms with E-state index in [1.165, 1.54) is 11.1 Å². The van der Waals surface area contributed by atoms with E-state index in [0.717, 1.165) is 12.8 Å². The summed E-state index contributed by atoms with van der Waals surface area (Å²) >= 11 is 0. The highest BCUT2D eigenvalue weighted by Crippen LogP contribution is 2.28. The molecule has 1 heterocycles. The van der Waals surface area contributed by atoms with E-state index in [0.29, 0.717) is 0 Å². The third-order valence-corrected chi connectivity index (χ3v) is 2.81. The largest absolute Gasteiger partial charge is 0.159 e. The fourth-order valence-corrected chi connectivity index (χ4v) is 1.43. The van der Waals surface area contributed by atoms with E-state index >= 15 is 0 Å². The molecule has 0 saturated heterocycles. The summed E-state index contributed by atoms with van der Waals surface area (Å²) in [6, 6.07) is 0. The second-order valence-corrected chi connectivity index (χ2v) is 4.02. The van der Waals surface area contributed by atoms with Crippen LogP contribution in [0.5, 0.6) is 0 Å². The molecular weight excluding hydrogens is 160 g/mol. The molecule has 0 amide bonds. The van der Waals surface area contributed by atoms with Gasteiger partial charge < -0.3 is 0 Å². The minimum Gasteiger partial charge on any atom is -0.159 e. The first kappa shape index (κ1) is 10.2. The first-order valence-electron chi connectivity index (χ1n) is 4.92. The molecule has 0 aromatic carbocycles. The molecule has 72 valence electrons. The first-order chi connectivity index (χ1) is 6.11. The van der Waals surface area contributed by atoms with Gasteiger partial charge in [0.2, 0.25) is 0 Å². The molecule has 0 aliphatic carbocycles. The second kappa shape index (κ2) is 3.86. The molecule has 2 nitrogen and oxygen atoms in total. The first-order valence-corrected chi connectivity index (χ1v) is 4.92. The molecule has 0 fully saturated rings. The van der Waals surface area contributed by atoms with Gasteiger partial charge in [0.25, 0.3) is 0 Å². The zero-order chi connectivity index (χ0) is 9.90. The molecule has 0 spiro atoms. The Morgan fingerprint density at radius 1 is 1.15 bits per heavy atom. The molecule has 1 aromatic rings. The van der Waals surface area contributed by atoms with Gasteiger partial charge in [-0.1, -0.05) is 27.7 Å². The van der Waals surface area contributed by atoms with Crippen LogP contribution in [0.3, 0.4) is 0 Å². The molecule has 1 aromatic heterocycles. The molecule has 0 N–H and O–H groups in total. The molecule has 1 rings (SSSR count). The van der Waals surface area contributed by atoms with Crippen LogP contribution in [0.1, 0.15) is 45.2 Å². The maximum Gasteiger partial charge on any atom is 0.0536 e. The smallest absolute Gasteiger partial charge is 0.0536 e. The van der Waals surface area contributed by atoms with E-state index in [9.17, 15) is 0 Å². The van der Waals surface area contributed by atoms with E-state index < -0.39 is 0 Å². The van der Waals surface area contributed by atoms with Crippen LogP contribution >= 0.6 is 0 Å². The van der Waals surface area contributed by atoms with E-state index in [1.54, 1.807) is 0 Å². The number of hydrogen-bond acceptors (Lipinski definition) is 2. The molecule has 0 radical (unpaired) electrons. The van der Waals surface area contributed by atoms with Crippen molar-refractivity contribution >= 4 is 0 Å². The number of aryl methyl sites for hydroxylation is 1. The highest BCUT2D eigenvalue weighted by atomic mass is 15.1. The minimum atomic E-state index is 0.223. The lowest BCUT2D eigenvalue weighted by atomic mass is 9.80. The van der Waals surface area contributed by atoms with Gasteiger partial charge in [-0.25, -0.2) is 0 Å². The van der Waals surface area contributed by atoms with Crippen molar-refractivity contribution < 1.29 is 0 Å². The van der Waals surface area contributed by atoms with Gasteiger partial charge in [-0.2, -0.15) is 10.2 Å². The minimum absolute atomic E-state index is 0.223. The monoisotopic (exact) mass is 178 g/mol. The van der Waals surface area contributed by atoms with Crippen molar-refractivity contribution in [3.8, 4) is 0 Å². The number of aromatic nitrogens is 2. The summed E-state index contributed by atoms with van der Waals surface area (Å²) in [4.78, 5) is 0. The molecular formula is C11H18N2. The summed E-state index contributed by atoms with van der Waals surface area (Å²) in [7, 11) is 0. The fourth-order valence-electron chi connectivity index (χ4n) is 1.43. The average molecular weight is 178 g/mol. The lowest BCUT2D eigenvalue weighted by Crippen LogP contribution is -2.18. The molecule has 0 saturated carbocycles. The van der Waals surface area contributed by atoms with Crippen molar-refractivity contribution in [3.63, 3.8) is 0 Å². The van der Waals surface area contributed by atoms with E-state index in [2.05, 4.69) is 37.9 Å². The van der Waals surface area contributed by atoms with Crippen molar-refractivity contribution in [1.82, 2.24) is 10.2 Å². The molecule has 0 unspecified atom stereocenters. The summed E-state index contributed by atoms with van der Waals surface area (Å²) in [5, 5.41) is 7.87. The summed E-state index contributed by atoms with van der Waals surface area (Å²) < 4.78 is 0. The average Bonchev–Trinajstić information content (AvgIpc) is 2.18. The van der Waals surface area contributed by atoms with Gasteiger partial charge in [-0.15, -0.1) is 0 Å². The third kappa shape index (κ3) is 2.06. The van der Waals surface area contributed by atoms with E-state index in [4.69, 9.17) is 0 Å². The maximum atomic E-state index is 3.96. The zero-order valence-electron chi connectivity index (χ0n) is 8.96. The highest BCUT2D eigenvalue weighted by Gasteiger charge is 2.20. The van der Waals surface area contributed by atoms with Crippen LogP contribution in [-0.2, 0) is 11.8 Å². The van der Waals surface area contributed by atoms with Gasteiger partial charge in [0, 0.05) is 0 Å². The van der Waals surface area contributed by atoms with Crippen LogP contribution < -0.4 is 0 Å². The van der Waals surface area contributed by atoms with Gasteiger partial charge in [-0.05, 0) is 29.4 Å². The Morgan fingerprint density at radius 2 is 1.77 bits per heavy atom. The van der Waals surface area contributed by atoms with Gasteiger partial charge in [0.1, 0.15) is 0 Å².